The van der Waals surface area contributed by atoms with Gasteiger partial charge in [-0.3, -0.25) is 0 Å². The summed E-state index contributed by atoms with van der Waals surface area (Å²) < 4.78 is 5.19. The summed E-state index contributed by atoms with van der Waals surface area (Å²) in [5.41, 5.74) is 9.30. The van der Waals surface area contributed by atoms with Crippen LogP contribution >= 0.6 is 22.7 Å². The number of hydrogen-bond acceptors (Lipinski definition) is 4. The average molecular weight is 625 g/mol. The lowest BCUT2D eigenvalue weighted by molar-refractivity contribution is 1.56. The predicted molar refractivity (Wildman–Crippen MR) is 203 cm³/mol. The van der Waals surface area contributed by atoms with Gasteiger partial charge in [0.15, 0.2) is 0 Å². The van der Waals surface area contributed by atoms with E-state index in [4.69, 9.17) is 0 Å². The van der Waals surface area contributed by atoms with E-state index in [2.05, 4.69) is 162 Å². The number of rotatable bonds is 6. The number of fused-ring (bicyclic) bond motifs is 6. The Hall–Kier alpha value is -5.42. The molecule has 0 aliphatic carbocycles. The van der Waals surface area contributed by atoms with Crippen molar-refractivity contribution >= 4 is 85.8 Å². The number of nitrogens with one attached hydrogen (secondary N) is 2. The van der Waals surface area contributed by atoms with Crippen LogP contribution in [0.15, 0.2) is 158 Å². The van der Waals surface area contributed by atoms with Crippen molar-refractivity contribution in [2.24, 2.45) is 0 Å². The molecule has 0 fully saturated rings. The third-order valence-corrected chi connectivity index (χ3v) is 11.0. The van der Waals surface area contributed by atoms with Gasteiger partial charge in [0.1, 0.15) is 0 Å². The summed E-state index contributed by atoms with van der Waals surface area (Å²) >= 11 is 3.70. The zero-order valence-electron chi connectivity index (χ0n) is 24.8. The van der Waals surface area contributed by atoms with Gasteiger partial charge in [-0.2, -0.15) is 0 Å². The van der Waals surface area contributed by atoms with E-state index in [1.807, 2.05) is 28.7 Å². The lowest BCUT2D eigenvalue weighted by atomic mass is 9.96. The molecule has 0 aliphatic heterocycles. The van der Waals surface area contributed by atoms with Crippen LogP contribution in [0.1, 0.15) is 0 Å². The first kappa shape index (κ1) is 26.9. The van der Waals surface area contributed by atoms with Crippen LogP contribution in [0.5, 0.6) is 0 Å². The van der Waals surface area contributed by atoms with Gasteiger partial charge >= 0.3 is 0 Å². The zero-order chi connectivity index (χ0) is 30.5. The molecule has 0 radical (unpaired) electrons. The molecular weight excluding hydrogens is 597 g/mol. The van der Waals surface area contributed by atoms with Crippen molar-refractivity contribution < 1.29 is 0 Å². The van der Waals surface area contributed by atoms with Crippen LogP contribution in [0.2, 0.25) is 0 Å². The number of hydrogen-bond donors (Lipinski definition) is 2. The molecule has 0 aliphatic rings. The summed E-state index contributed by atoms with van der Waals surface area (Å²) in [6.07, 6.45) is 0. The third kappa shape index (κ3) is 4.71. The Morgan fingerprint density at radius 1 is 0.370 bits per heavy atom. The van der Waals surface area contributed by atoms with Crippen molar-refractivity contribution in [3.63, 3.8) is 0 Å². The maximum Gasteiger partial charge on any atom is 0.0596 e. The molecule has 0 spiro atoms. The Labute approximate surface area is 275 Å². The number of thiophene rings is 2. The maximum absolute atomic E-state index is 3.73. The highest BCUT2D eigenvalue weighted by Gasteiger charge is 2.15. The molecule has 2 N–H and O–H groups in total. The summed E-state index contributed by atoms with van der Waals surface area (Å²) in [6.45, 7) is 0. The molecule has 0 bridgehead atoms. The van der Waals surface area contributed by atoms with Crippen molar-refractivity contribution in [2.75, 3.05) is 10.6 Å². The van der Waals surface area contributed by atoms with Gasteiger partial charge < -0.3 is 10.6 Å². The highest BCUT2D eigenvalue weighted by atomic mass is 32.1. The largest absolute Gasteiger partial charge is 0.355 e. The minimum atomic E-state index is 1.08. The van der Waals surface area contributed by atoms with Crippen LogP contribution in [0.3, 0.4) is 0 Å². The first-order valence-corrected chi connectivity index (χ1v) is 17.1. The van der Waals surface area contributed by atoms with E-state index in [9.17, 15) is 0 Å². The van der Waals surface area contributed by atoms with Crippen molar-refractivity contribution in [2.45, 2.75) is 0 Å². The monoisotopic (exact) mass is 624 g/mol. The minimum Gasteiger partial charge on any atom is -0.355 e. The first-order chi connectivity index (χ1) is 22.8. The fraction of sp³-hybridized carbons (Fsp3) is 0. The van der Waals surface area contributed by atoms with Crippen LogP contribution in [0, 0.1) is 0 Å². The number of anilines is 4. The smallest absolute Gasteiger partial charge is 0.0596 e. The van der Waals surface area contributed by atoms with Gasteiger partial charge in [-0.1, -0.05) is 103 Å². The molecule has 4 heteroatoms. The molecule has 9 rings (SSSR count). The average Bonchev–Trinajstić information content (AvgIpc) is 3.69. The van der Waals surface area contributed by atoms with Gasteiger partial charge in [0.2, 0.25) is 0 Å². The molecule has 0 unspecified atom stereocenters. The van der Waals surface area contributed by atoms with Crippen LogP contribution in [-0.2, 0) is 0 Å². The molecule has 2 aromatic heterocycles. The predicted octanol–water partition coefficient (Wildman–Crippen LogP) is 13.2. The second-order valence-electron chi connectivity index (χ2n) is 11.5. The van der Waals surface area contributed by atoms with Crippen molar-refractivity contribution in [1.82, 2.24) is 0 Å². The standard InChI is InChI=1S/C42H28N2S2/c1-2-11-30(12-3-1)43-36-25-24-32(40-33-14-4-7-18-38(33)46-42(36)40)28-22-20-27(21-23-28)29-10-8-13-31(26-29)44-35-16-9-19-39-41(35)34-15-5-6-17-37(34)45-39/h1-26,43-44H. The quantitative estimate of drug-likeness (QED) is 0.192. The molecule has 0 saturated carbocycles. The zero-order valence-corrected chi connectivity index (χ0v) is 26.5. The molecule has 0 atom stereocenters. The van der Waals surface area contributed by atoms with Crippen LogP contribution in [-0.4, -0.2) is 0 Å². The lowest BCUT2D eigenvalue weighted by Gasteiger charge is -2.13. The Morgan fingerprint density at radius 2 is 1.00 bits per heavy atom. The number of benzene rings is 7. The van der Waals surface area contributed by atoms with E-state index in [0.29, 0.717) is 0 Å². The Balaban J connectivity index is 1.06. The van der Waals surface area contributed by atoms with Gasteiger partial charge in [-0.05, 0) is 76.9 Å². The molecule has 0 amide bonds. The Bertz CT molecular complexity index is 2520. The SMILES string of the molecule is c1ccc(Nc2ccc(-c3ccc(-c4cccc(Nc5cccc6sc7ccccc7c56)c4)cc3)c3c2sc2ccccc23)cc1. The van der Waals surface area contributed by atoms with E-state index >= 15 is 0 Å². The summed E-state index contributed by atoms with van der Waals surface area (Å²) in [7, 11) is 0. The van der Waals surface area contributed by atoms with Gasteiger partial charge in [-0.25, -0.2) is 0 Å². The highest BCUT2D eigenvalue weighted by Crippen LogP contribution is 2.45. The highest BCUT2D eigenvalue weighted by molar-refractivity contribution is 7.26. The molecule has 218 valence electrons. The lowest BCUT2D eigenvalue weighted by Crippen LogP contribution is -1.92. The minimum absolute atomic E-state index is 1.08. The molecule has 7 aromatic carbocycles. The molecule has 0 saturated heterocycles. The fourth-order valence-electron chi connectivity index (χ4n) is 6.50. The molecular formula is C42H28N2S2. The first-order valence-electron chi connectivity index (χ1n) is 15.4. The van der Waals surface area contributed by atoms with Crippen LogP contribution < -0.4 is 10.6 Å². The van der Waals surface area contributed by atoms with E-state index in [1.54, 1.807) is 0 Å². The molecule has 2 nitrogen and oxygen atoms in total. The van der Waals surface area contributed by atoms with Crippen LogP contribution in [0.25, 0.3) is 62.6 Å². The molecule has 9 aromatic rings. The maximum atomic E-state index is 3.73. The normalized spacial score (nSPS) is 11.5. The fourth-order valence-corrected chi connectivity index (χ4v) is 8.83. The second-order valence-corrected chi connectivity index (χ2v) is 13.7. The van der Waals surface area contributed by atoms with Crippen molar-refractivity contribution in [3.05, 3.63) is 158 Å². The topological polar surface area (TPSA) is 24.1 Å². The van der Waals surface area contributed by atoms with E-state index in [-0.39, 0.29) is 0 Å². The van der Waals surface area contributed by atoms with Crippen molar-refractivity contribution in [1.29, 1.82) is 0 Å². The van der Waals surface area contributed by atoms with Gasteiger partial charge in [0.25, 0.3) is 0 Å². The van der Waals surface area contributed by atoms with Gasteiger partial charge in [0.05, 0.1) is 10.4 Å². The third-order valence-electron chi connectivity index (χ3n) is 8.65. The summed E-state index contributed by atoms with van der Waals surface area (Å²) in [6, 6.07) is 56.6. The van der Waals surface area contributed by atoms with E-state index in [1.165, 1.54) is 62.6 Å². The van der Waals surface area contributed by atoms with Gasteiger partial charge in [0, 0.05) is 52.7 Å². The van der Waals surface area contributed by atoms with Crippen LogP contribution in [0.4, 0.5) is 22.7 Å². The second kappa shape index (κ2) is 11.2. The number of para-hydroxylation sites is 1. The van der Waals surface area contributed by atoms with Crippen molar-refractivity contribution in [3.8, 4) is 22.3 Å². The molecule has 46 heavy (non-hydrogen) atoms. The summed E-state index contributed by atoms with van der Waals surface area (Å²) in [4.78, 5) is 0. The summed E-state index contributed by atoms with van der Waals surface area (Å²) in [5.74, 6) is 0. The van der Waals surface area contributed by atoms with E-state index in [0.717, 1.165) is 22.7 Å². The Kier molecular flexibility index (Phi) is 6.55. The Morgan fingerprint density at radius 3 is 1.83 bits per heavy atom. The van der Waals surface area contributed by atoms with E-state index < -0.39 is 0 Å². The molecule has 2 heterocycles. The van der Waals surface area contributed by atoms with Gasteiger partial charge in [-0.15, -0.1) is 22.7 Å². The summed E-state index contributed by atoms with van der Waals surface area (Å²) in [5, 5.41) is 12.6.